The van der Waals surface area contributed by atoms with E-state index in [4.69, 9.17) is 10.00 Å². The van der Waals surface area contributed by atoms with E-state index in [9.17, 15) is 18.9 Å². The molecule has 1 aromatic carbocycles. The van der Waals surface area contributed by atoms with Gasteiger partial charge in [-0.1, -0.05) is 15.9 Å². The summed E-state index contributed by atoms with van der Waals surface area (Å²) in [6.45, 7) is 0. The van der Waals surface area contributed by atoms with E-state index in [1.54, 1.807) is 0 Å². The van der Waals surface area contributed by atoms with E-state index in [2.05, 4.69) is 20.9 Å². The van der Waals surface area contributed by atoms with E-state index in [0.29, 0.717) is 0 Å². The Balaban J connectivity index is 2.42. The lowest BCUT2D eigenvalue weighted by Gasteiger charge is -2.07. The lowest BCUT2D eigenvalue weighted by molar-refractivity contribution is -0.385. The fourth-order valence-electron chi connectivity index (χ4n) is 1.44. The SMILES string of the molecule is N#Cc1nc(Oc2cc(Br)cc(F)c2F)ccc1[N+](=O)[O-]. The minimum Gasteiger partial charge on any atom is -0.436 e. The molecule has 0 N–H and O–H groups in total. The van der Waals surface area contributed by atoms with Gasteiger partial charge in [-0.15, -0.1) is 0 Å². The Morgan fingerprint density at radius 3 is 2.71 bits per heavy atom. The number of nitro groups is 1. The number of nitriles is 1. The molecule has 0 aliphatic rings. The number of nitrogens with zero attached hydrogens (tertiary/aromatic N) is 3. The third-order valence-electron chi connectivity index (χ3n) is 2.33. The van der Waals surface area contributed by atoms with Crippen LogP contribution in [0.4, 0.5) is 14.5 Å². The molecule has 0 unspecified atom stereocenters. The van der Waals surface area contributed by atoms with Crippen LogP contribution in [0.3, 0.4) is 0 Å². The monoisotopic (exact) mass is 355 g/mol. The van der Waals surface area contributed by atoms with Crippen molar-refractivity contribution < 1.29 is 18.4 Å². The molecule has 0 aliphatic carbocycles. The summed E-state index contributed by atoms with van der Waals surface area (Å²) in [4.78, 5) is 13.4. The Kier molecular flexibility index (Phi) is 4.09. The van der Waals surface area contributed by atoms with Gasteiger partial charge in [0.2, 0.25) is 17.4 Å². The van der Waals surface area contributed by atoms with Crippen molar-refractivity contribution in [2.24, 2.45) is 0 Å². The van der Waals surface area contributed by atoms with Crippen LogP contribution in [0.5, 0.6) is 11.6 Å². The first-order chi connectivity index (χ1) is 9.92. The molecule has 1 aromatic heterocycles. The van der Waals surface area contributed by atoms with E-state index in [-0.39, 0.29) is 10.4 Å². The van der Waals surface area contributed by atoms with Gasteiger partial charge < -0.3 is 4.74 Å². The summed E-state index contributed by atoms with van der Waals surface area (Å²) in [6.07, 6.45) is 0. The third-order valence-corrected chi connectivity index (χ3v) is 2.78. The molecule has 106 valence electrons. The minimum absolute atomic E-state index is 0.235. The number of rotatable bonds is 3. The number of pyridine rings is 1. The van der Waals surface area contributed by atoms with Crippen LogP contribution in [-0.4, -0.2) is 9.91 Å². The van der Waals surface area contributed by atoms with Crippen molar-refractivity contribution in [3.63, 3.8) is 0 Å². The highest BCUT2D eigenvalue weighted by Gasteiger charge is 2.18. The first-order valence-electron chi connectivity index (χ1n) is 5.30. The number of aromatic nitrogens is 1. The number of benzene rings is 1. The normalized spacial score (nSPS) is 10.0. The predicted molar refractivity (Wildman–Crippen MR) is 69.7 cm³/mol. The smallest absolute Gasteiger partial charge is 0.305 e. The topological polar surface area (TPSA) is 89.0 Å². The molecule has 0 saturated carbocycles. The van der Waals surface area contributed by atoms with E-state index in [0.717, 1.165) is 24.3 Å². The molecule has 21 heavy (non-hydrogen) atoms. The van der Waals surface area contributed by atoms with Crippen molar-refractivity contribution in [1.82, 2.24) is 4.98 Å². The Bertz CT molecular complexity index is 777. The average molecular weight is 356 g/mol. The van der Waals surface area contributed by atoms with E-state index in [1.807, 2.05) is 0 Å². The van der Waals surface area contributed by atoms with Gasteiger partial charge in [0.15, 0.2) is 11.6 Å². The predicted octanol–water partition coefficient (Wildman–Crippen LogP) is 3.69. The molecule has 0 fully saturated rings. The van der Waals surface area contributed by atoms with Crippen molar-refractivity contribution in [1.29, 1.82) is 5.26 Å². The third kappa shape index (κ3) is 3.11. The maximum atomic E-state index is 13.5. The van der Waals surface area contributed by atoms with Gasteiger partial charge in [-0.3, -0.25) is 10.1 Å². The molecule has 0 amide bonds. The van der Waals surface area contributed by atoms with Gasteiger partial charge in [-0.25, -0.2) is 4.39 Å². The summed E-state index contributed by atoms with van der Waals surface area (Å²) in [5.41, 5.74) is -1.00. The van der Waals surface area contributed by atoms with Crippen molar-refractivity contribution in [3.05, 3.63) is 56.2 Å². The summed E-state index contributed by atoms with van der Waals surface area (Å²) in [5.74, 6) is -3.11. The van der Waals surface area contributed by atoms with Gasteiger partial charge in [0.25, 0.3) is 0 Å². The molecule has 0 saturated heterocycles. The van der Waals surface area contributed by atoms with Gasteiger partial charge in [-0.2, -0.15) is 14.6 Å². The Morgan fingerprint density at radius 2 is 2.10 bits per heavy atom. The Morgan fingerprint density at radius 1 is 1.38 bits per heavy atom. The highest BCUT2D eigenvalue weighted by molar-refractivity contribution is 9.10. The summed E-state index contributed by atoms with van der Waals surface area (Å²) in [5, 5.41) is 19.4. The highest BCUT2D eigenvalue weighted by Crippen LogP contribution is 2.30. The van der Waals surface area contributed by atoms with Gasteiger partial charge in [-0.05, 0) is 12.1 Å². The summed E-state index contributed by atoms with van der Waals surface area (Å²) in [7, 11) is 0. The second-order valence-corrected chi connectivity index (χ2v) is 4.60. The first kappa shape index (κ1) is 14.8. The van der Waals surface area contributed by atoms with E-state index < -0.39 is 33.7 Å². The molecule has 2 rings (SSSR count). The van der Waals surface area contributed by atoms with Crippen molar-refractivity contribution in [2.75, 3.05) is 0 Å². The van der Waals surface area contributed by atoms with Crippen molar-refractivity contribution >= 4 is 21.6 Å². The number of hydrogen-bond acceptors (Lipinski definition) is 5. The largest absolute Gasteiger partial charge is 0.436 e. The molecule has 6 nitrogen and oxygen atoms in total. The van der Waals surface area contributed by atoms with Crippen molar-refractivity contribution in [2.45, 2.75) is 0 Å². The van der Waals surface area contributed by atoms with Crippen LogP contribution in [0, 0.1) is 33.1 Å². The lowest BCUT2D eigenvalue weighted by atomic mass is 10.3. The second-order valence-electron chi connectivity index (χ2n) is 3.69. The summed E-state index contributed by atoms with van der Waals surface area (Å²) >= 11 is 2.97. The van der Waals surface area contributed by atoms with Gasteiger partial charge in [0.1, 0.15) is 6.07 Å². The van der Waals surface area contributed by atoms with E-state index in [1.165, 1.54) is 6.07 Å². The van der Waals surface area contributed by atoms with Crippen molar-refractivity contribution in [3.8, 4) is 17.7 Å². The molecular weight excluding hydrogens is 352 g/mol. The maximum Gasteiger partial charge on any atom is 0.305 e. The molecule has 0 atom stereocenters. The van der Waals surface area contributed by atoms with Crippen LogP contribution in [0.25, 0.3) is 0 Å². The molecular formula is C12H4BrF2N3O3. The summed E-state index contributed by atoms with van der Waals surface area (Å²) < 4.78 is 32.0. The zero-order valence-electron chi connectivity index (χ0n) is 10.0. The zero-order valence-corrected chi connectivity index (χ0v) is 11.6. The molecule has 0 radical (unpaired) electrons. The Labute approximate surface area is 124 Å². The quantitative estimate of drug-likeness (QED) is 0.475. The molecule has 9 heteroatoms. The molecule has 0 bridgehead atoms. The fourth-order valence-corrected chi connectivity index (χ4v) is 1.85. The molecule has 0 spiro atoms. The van der Waals surface area contributed by atoms with E-state index >= 15 is 0 Å². The highest BCUT2D eigenvalue weighted by atomic mass is 79.9. The first-order valence-corrected chi connectivity index (χ1v) is 6.09. The van der Waals surface area contributed by atoms with Gasteiger partial charge in [0.05, 0.1) is 4.92 Å². The number of hydrogen-bond donors (Lipinski definition) is 0. The lowest BCUT2D eigenvalue weighted by Crippen LogP contribution is -1.98. The number of halogens is 3. The maximum absolute atomic E-state index is 13.5. The second kappa shape index (κ2) is 5.80. The fraction of sp³-hybridized carbons (Fsp3) is 0. The standard InChI is InChI=1S/C12H4BrF2N3O3/c13-6-3-7(14)12(15)10(4-6)21-11-2-1-9(18(19)20)8(5-16)17-11/h1-4H. The average Bonchev–Trinajstić information content (AvgIpc) is 2.43. The zero-order chi connectivity index (χ0) is 15.6. The van der Waals surface area contributed by atoms with Gasteiger partial charge >= 0.3 is 5.69 Å². The van der Waals surface area contributed by atoms with Crippen LogP contribution < -0.4 is 4.74 Å². The van der Waals surface area contributed by atoms with Crippen LogP contribution in [0.15, 0.2) is 28.7 Å². The summed E-state index contributed by atoms with van der Waals surface area (Å²) in [6, 6.07) is 5.67. The molecule has 0 aliphatic heterocycles. The number of ether oxygens (including phenoxy) is 1. The van der Waals surface area contributed by atoms with Crippen LogP contribution >= 0.6 is 15.9 Å². The minimum atomic E-state index is -1.24. The van der Waals surface area contributed by atoms with Crippen LogP contribution in [0.1, 0.15) is 5.69 Å². The van der Waals surface area contributed by atoms with Gasteiger partial charge in [0, 0.05) is 16.6 Å². The van der Waals surface area contributed by atoms with Crippen LogP contribution in [-0.2, 0) is 0 Å². The van der Waals surface area contributed by atoms with Crippen LogP contribution in [0.2, 0.25) is 0 Å². The molecule has 2 aromatic rings. The molecule has 1 heterocycles. The Hall–Kier alpha value is -2.60.